The lowest BCUT2D eigenvalue weighted by Gasteiger charge is -2.09. The molecule has 0 radical (unpaired) electrons. The summed E-state index contributed by atoms with van der Waals surface area (Å²) in [4.78, 5) is 22.4. The van der Waals surface area contributed by atoms with Crippen LogP contribution in [0.4, 0.5) is 0 Å². The molecule has 0 aromatic carbocycles. The first-order valence-electron chi connectivity index (χ1n) is 5.06. The highest BCUT2D eigenvalue weighted by Gasteiger charge is 2.29. The Balaban J connectivity index is 2.03. The van der Waals surface area contributed by atoms with Crippen LogP contribution < -0.4 is 10.9 Å². The standard InChI is InChI=1S/C10H11NO5S/c12-9-2-1-7(5-16-9)10(13)11-8-3-4-17(14,15)6-8/h1-2,5,8H,3-4,6H2,(H,11,13). The van der Waals surface area contributed by atoms with Gasteiger partial charge in [-0.3, -0.25) is 4.79 Å². The lowest BCUT2D eigenvalue weighted by Crippen LogP contribution is -2.35. The van der Waals surface area contributed by atoms with Gasteiger partial charge in [0.2, 0.25) is 0 Å². The van der Waals surface area contributed by atoms with Gasteiger partial charge < -0.3 is 9.73 Å². The molecule has 2 heterocycles. The Labute approximate surface area is 97.6 Å². The van der Waals surface area contributed by atoms with Crippen LogP contribution in [0.3, 0.4) is 0 Å². The lowest BCUT2D eigenvalue weighted by molar-refractivity contribution is 0.0938. The van der Waals surface area contributed by atoms with Gasteiger partial charge in [0.25, 0.3) is 5.91 Å². The van der Waals surface area contributed by atoms with Crippen molar-refractivity contribution in [2.75, 3.05) is 11.5 Å². The third kappa shape index (κ3) is 2.94. The Hall–Kier alpha value is -1.63. The molecule has 1 N–H and O–H groups in total. The molecular formula is C10H11NO5S. The molecule has 1 aromatic rings. The van der Waals surface area contributed by atoms with E-state index >= 15 is 0 Å². The van der Waals surface area contributed by atoms with E-state index in [1.54, 1.807) is 0 Å². The average Bonchev–Trinajstić information content (AvgIpc) is 2.59. The van der Waals surface area contributed by atoms with Crippen molar-refractivity contribution in [2.24, 2.45) is 0 Å². The number of amides is 1. The van der Waals surface area contributed by atoms with Crippen molar-refractivity contribution in [3.8, 4) is 0 Å². The van der Waals surface area contributed by atoms with Crippen LogP contribution in [0.1, 0.15) is 16.8 Å². The molecule has 1 aromatic heterocycles. The maximum atomic E-state index is 11.7. The number of rotatable bonds is 2. The fourth-order valence-electron chi connectivity index (χ4n) is 1.66. The van der Waals surface area contributed by atoms with Gasteiger partial charge >= 0.3 is 5.63 Å². The summed E-state index contributed by atoms with van der Waals surface area (Å²) in [7, 11) is -3.02. The van der Waals surface area contributed by atoms with Crippen LogP contribution in [-0.2, 0) is 9.84 Å². The third-order valence-electron chi connectivity index (χ3n) is 2.53. The molecule has 1 unspecified atom stereocenters. The minimum absolute atomic E-state index is 0.0322. The molecule has 1 aliphatic rings. The van der Waals surface area contributed by atoms with E-state index < -0.39 is 21.4 Å². The third-order valence-corrected chi connectivity index (χ3v) is 4.30. The molecule has 6 nitrogen and oxygen atoms in total. The summed E-state index contributed by atoms with van der Waals surface area (Å²) < 4.78 is 26.9. The lowest BCUT2D eigenvalue weighted by atomic mass is 10.2. The summed E-state index contributed by atoms with van der Waals surface area (Å²) in [6, 6.07) is 2.12. The average molecular weight is 257 g/mol. The van der Waals surface area contributed by atoms with Crippen molar-refractivity contribution in [1.29, 1.82) is 0 Å². The van der Waals surface area contributed by atoms with Gasteiger partial charge in [0, 0.05) is 12.1 Å². The van der Waals surface area contributed by atoms with E-state index in [9.17, 15) is 18.0 Å². The van der Waals surface area contributed by atoms with E-state index in [-0.39, 0.29) is 23.1 Å². The number of carbonyl (C=O) groups is 1. The summed E-state index contributed by atoms with van der Waals surface area (Å²) in [6.07, 6.45) is 1.48. The van der Waals surface area contributed by atoms with Crippen LogP contribution in [0.5, 0.6) is 0 Å². The molecular weight excluding hydrogens is 246 g/mol. The highest BCUT2D eigenvalue weighted by Crippen LogP contribution is 2.11. The second-order valence-electron chi connectivity index (χ2n) is 3.92. The van der Waals surface area contributed by atoms with Gasteiger partial charge in [0.15, 0.2) is 9.84 Å². The van der Waals surface area contributed by atoms with E-state index in [1.165, 1.54) is 6.07 Å². The zero-order valence-electron chi connectivity index (χ0n) is 8.88. The van der Waals surface area contributed by atoms with Crippen molar-refractivity contribution < 1.29 is 17.6 Å². The van der Waals surface area contributed by atoms with Gasteiger partial charge in [-0.25, -0.2) is 13.2 Å². The summed E-state index contributed by atoms with van der Waals surface area (Å²) in [5.74, 6) is -0.368. The van der Waals surface area contributed by atoms with E-state index in [2.05, 4.69) is 9.73 Å². The van der Waals surface area contributed by atoms with Gasteiger partial charge in [-0.15, -0.1) is 0 Å². The van der Waals surface area contributed by atoms with E-state index in [4.69, 9.17) is 0 Å². The number of nitrogens with one attached hydrogen (secondary N) is 1. The van der Waals surface area contributed by atoms with Crippen LogP contribution in [-0.4, -0.2) is 31.9 Å². The Morgan fingerprint density at radius 3 is 2.71 bits per heavy atom. The van der Waals surface area contributed by atoms with Crippen molar-refractivity contribution in [3.63, 3.8) is 0 Å². The minimum atomic E-state index is -3.02. The highest BCUT2D eigenvalue weighted by atomic mass is 32.2. The molecule has 0 bridgehead atoms. The Kier molecular flexibility index (Phi) is 3.01. The predicted octanol–water partition coefficient (Wildman–Crippen LogP) is -0.443. The van der Waals surface area contributed by atoms with Crippen LogP contribution in [0.25, 0.3) is 0 Å². The van der Waals surface area contributed by atoms with Crippen LogP contribution in [0.15, 0.2) is 27.6 Å². The number of sulfone groups is 1. The number of hydrogen-bond donors (Lipinski definition) is 1. The first-order valence-corrected chi connectivity index (χ1v) is 6.88. The van der Waals surface area contributed by atoms with E-state index in [0.29, 0.717) is 6.42 Å². The Morgan fingerprint density at radius 2 is 2.18 bits per heavy atom. The predicted molar refractivity (Wildman–Crippen MR) is 59.5 cm³/mol. The molecule has 1 fully saturated rings. The van der Waals surface area contributed by atoms with Crippen molar-refractivity contribution in [2.45, 2.75) is 12.5 Å². The number of hydrogen-bond acceptors (Lipinski definition) is 5. The largest absolute Gasteiger partial charge is 0.430 e. The molecule has 0 spiro atoms. The molecule has 1 aliphatic heterocycles. The van der Waals surface area contributed by atoms with Crippen molar-refractivity contribution in [3.05, 3.63) is 34.4 Å². The monoisotopic (exact) mass is 257 g/mol. The second-order valence-corrected chi connectivity index (χ2v) is 6.15. The van der Waals surface area contributed by atoms with Crippen LogP contribution in [0, 0.1) is 0 Å². The van der Waals surface area contributed by atoms with E-state index in [1.807, 2.05) is 0 Å². The molecule has 0 aliphatic carbocycles. The first-order chi connectivity index (χ1) is 7.96. The maximum Gasteiger partial charge on any atom is 0.335 e. The smallest absolute Gasteiger partial charge is 0.335 e. The Morgan fingerprint density at radius 1 is 1.41 bits per heavy atom. The molecule has 1 saturated heterocycles. The van der Waals surface area contributed by atoms with Crippen LogP contribution >= 0.6 is 0 Å². The molecule has 0 saturated carbocycles. The van der Waals surface area contributed by atoms with E-state index in [0.717, 1.165) is 12.3 Å². The number of carbonyl (C=O) groups excluding carboxylic acids is 1. The fourth-order valence-corrected chi connectivity index (χ4v) is 3.34. The zero-order chi connectivity index (χ0) is 12.5. The van der Waals surface area contributed by atoms with Gasteiger partial charge in [-0.1, -0.05) is 0 Å². The second kappa shape index (κ2) is 4.33. The van der Waals surface area contributed by atoms with Crippen LogP contribution in [0.2, 0.25) is 0 Å². The zero-order valence-corrected chi connectivity index (χ0v) is 9.70. The van der Waals surface area contributed by atoms with Gasteiger partial charge in [0.05, 0.1) is 17.1 Å². The van der Waals surface area contributed by atoms with Gasteiger partial charge in [0.1, 0.15) is 6.26 Å². The molecule has 1 atom stereocenters. The molecule has 2 rings (SSSR count). The normalized spacial score (nSPS) is 22.2. The molecule has 92 valence electrons. The van der Waals surface area contributed by atoms with Crippen molar-refractivity contribution in [1.82, 2.24) is 5.32 Å². The molecule has 1 amide bonds. The highest BCUT2D eigenvalue weighted by molar-refractivity contribution is 7.91. The summed E-state index contributed by atoms with van der Waals surface area (Å²) >= 11 is 0. The maximum absolute atomic E-state index is 11.7. The molecule has 7 heteroatoms. The Bertz CT molecular complexity index is 568. The minimum Gasteiger partial charge on any atom is -0.430 e. The van der Waals surface area contributed by atoms with Crippen molar-refractivity contribution >= 4 is 15.7 Å². The topological polar surface area (TPSA) is 93.5 Å². The summed E-state index contributed by atoms with van der Waals surface area (Å²) in [6.45, 7) is 0. The summed E-state index contributed by atoms with van der Waals surface area (Å²) in [5.41, 5.74) is -0.334. The fraction of sp³-hybridized carbons (Fsp3) is 0.400. The van der Waals surface area contributed by atoms with Gasteiger partial charge in [-0.05, 0) is 12.5 Å². The SMILES string of the molecule is O=C(NC1CCS(=O)(=O)C1)c1ccc(=O)oc1. The van der Waals surface area contributed by atoms with Gasteiger partial charge in [-0.2, -0.15) is 0 Å². The quantitative estimate of drug-likeness (QED) is 0.775. The summed E-state index contributed by atoms with van der Waals surface area (Å²) in [5, 5.41) is 2.59. The molecule has 17 heavy (non-hydrogen) atoms. The first kappa shape index (κ1) is 11.8.